The molecule has 1 heterocycles. The highest BCUT2D eigenvalue weighted by Gasteiger charge is 2.20. The lowest BCUT2D eigenvalue weighted by molar-refractivity contribution is 0.415. The fourth-order valence-electron chi connectivity index (χ4n) is 2.07. The van der Waals surface area contributed by atoms with Gasteiger partial charge >= 0.3 is 0 Å². The number of rotatable bonds is 4. The predicted octanol–water partition coefficient (Wildman–Crippen LogP) is 2.70. The van der Waals surface area contributed by atoms with E-state index in [1.54, 1.807) is 24.3 Å². The Morgan fingerprint density at radius 2 is 1.96 bits per heavy atom. The number of ether oxygens (including phenoxy) is 1. The lowest BCUT2D eigenvalue weighted by Crippen LogP contribution is -2.03. The van der Waals surface area contributed by atoms with E-state index in [0.29, 0.717) is 21.9 Å². The third kappa shape index (κ3) is 3.18. The van der Waals surface area contributed by atoms with Gasteiger partial charge in [0.15, 0.2) is 0 Å². The molecule has 7 heteroatoms. The zero-order valence-corrected chi connectivity index (χ0v) is 13.0. The second-order valence-electron chi connectivity index (χ2n) is 4.33. The molecule has 0 bridgehead atoms. The van der Waals surface area contributed by atoms with Crippen molar-refractivity contribution in [2.45, 2.75) is 5.03 Å². The molecule has 1 aromatic carbocycles. The number of nitrogens with two attached hydrogens (primary N) is 1. The Morgan fingerprint density at radius 1 is 1.22 bits per heavy atom. The predicted molar refractivity (Wildman–Crippen MR) is 86.4 cm³/mol. The average molecular weight is 321 g/mol. The summed E-state index contributed by atoms with van der Waals surface area (Å²) in [7, 11) is 1.53. The summed E-state index contributed by atoms with van der Waals surface area (Å²) in [4.78, 5) is 4.09. The van der Waals surface area contributed by atoms with Crippen LogP contribution in [0.4, 0.5) is 5.82 Å². The van der Waals surface area contributed by atoms with E-state index in [4.69, 9.17) is 15.7 Å². The minimum atomic E-state index is 0.0322. The first-order valence-electron chi connectivity index (χ1n) is 6.44. The van der Waals surface area contributed by atoms with Gasteiger partial charge in [-0.05, 0) is 17.7 Å². The number of aromatic nitrogens is 1. The number of nitriles is 3. The van der Waals surface area contributed by atoms with E-state index >= 15 is 0 Å². The standard InChI is InChI=1S/C16H11N5OS/c1-22-11-4-2-3-10(7-11)14-12(8-18)15(20)21-16(13(14)9-19)23-6-5-17/h2-4,7H,6H2,1H3,(H2,20,21). The molecule has 0 saturated carbocycles. The SMILES string of the molecule is COc1cccc(-c2c(C#N)c(N)nc(SCC#N)c2C#N)c1. The van der Waals surface area contributed by atoms with Crippen LogP contribution in [0, 0.1) is 34.0 Å². The Bertz CT molecular complexity index is 874. The van der Waals surface area contributed by atoms with Gasteiger partial charge in [0.05, 0.1) is 24.5 Å². The summed E-state index contributed by atoms with van der Waals surface area (Å²) in [5.41, 5.74) is 7.26. The van der Waals surface area contributed by atoms with Crippen molar-refractivity contribution < 1.29 is 4.74 Å². The van der Waals surface area contributed by atoms with E-state index < -0.39 is 0 Å². The Labute approximate surface area is 137 Å². The van der Waals surface area contributed by atoms with Crippen molar-refractivity contribution in [3.05, 3.63) is 35.4 Å². The van der Waals surface area contributed by atoms with E-state index in [9.17, 15) is 10.5 Å². The molecule has 0 unspecified atom stereocenters. The fourth-order valence-corrected chi connectivity index (χ4v) is 2.73. The number of nitrogen functional groups attached to an aromatic ring is 1. The number of pyridine rings is 1. The van der Waals surface area contributed by atoms with Gasteiger partial charge < -0.3 is 10.5 Å². The van der Waals surface area contributed by atoms with E-state index in [1.165, 1.54) is 7.11 Å². The smallest absolute Gasteiger partial charge is 0.143 e. The maximum absolute atomic E-state index is 9.53. The summed E-state index contributed by atoms with van der Waals surface area (Å²) in [5.74, 6) is 0.756. The molecule has 6 nitrogen and oxygen atoms in total. The Kier molecular flexibility index (Phi) is 5.04. The highest BCUT2D eigenvalue weighted by atomic mass is 32.2. The summed E-state index contributed by atoms with van der Waals surface area (Å²) >= 11 is 1.11. The minimum absolute atomic E-state index is 0.0322. The monoisotopic (exact) mass is 321 g/mol. The van der Waals surface area contributed by atoms with E-state index in [0.717, 1.165) is 11.8 Å². The topological polar surface area (TPSA) is 120 Å². The molecule has 0 atom stereocenters. The molecule has 0 fully saturated rings. The lowest BCUT2D eigenvalue weighted by atomic mass is 9.97. The molecule has 0 amide bonds. The third-order valence-electron chi connectivity index (χ3n) is 3.05. The zero-order chi connectivity index (χ0) is 16.8. The Morgan fingerprint density at radius 3 is 2.57 bits per heavy atom. The molecule has 2 aromatic rings. The molecule has 1 aromatic heterocycles. The normalized spacial score (nSPS) is 9.48. The summed E-state index contributed by atoms with van der Waals surface area (Å²) in [6, 6.07) is 13.1. The molecule has 0 radical (unpaired) electrons. The van der Waals surface area contributed by atoms with Gasteiger partial charge in [-0.2, -0.15) is 15.8 Å². The van der Waals surface area contributed by atoms with Crippen LogP contribution in [0.2, 0.25) is 0 Å². The van der Waals surface area contributed by atoms with Crippen molar-refractivity contribution in [1.29, 1.82) is 15.8 Å². The number of anilines is 1. The van der Waals surface area contributed by atoms with Crippen molar-refractivity contribution in [1.82, 2.24) is 4.98 Å². The van der Waals surface area contributed by atoms with Crippen LogP contribution < -0.4 is 10.5 Å². The van der Waals surface area contributed by atoms with Crippen LogP contribution in [0.3, 0.4) is 0 Å². The molecule has 0 aliphatic carbocycles. The molecule has 23 heavy (non-hydrogen) atoms. The number of hydrogen-bond acceptors (Lipinski definition) is 7. The van der Waals surface area contributed by atoms with Crippen LogP contribution in [0.25, 0.3) is 11.1 Å². The largest absolute Gasteiger partial charge is 0.497 e. The maximum Gasteiger partial charge on any atom is 0.143 e. The third-order valence-corrected chi connectivity index (χ3v) is 3.89. The van der Waals surface area contributed by atoms with Crippen molar-refractivity contribution in [2.75, 3.05) is 18.6 Å². The second kappa shape index (κ2) is 7.17. The van der Waals surface area contributed by atoms with Crippen LogP contribution in [0.5, 0.6) is 5.75 Å². The van der Waals surface area contributed by atoms with Gasteiger partial charge in [-0.15, -0.1) is 0 Å². The second-order valence-corrected chi connectivity index (χ2v) is 5.29. The fraction of sp³-hybridized carbons (Fsp3) is 0.125. The first-order chi connectivity index (χ1) is 11.2. The van der Waals surface area contributed by atoms with Gasteiger partial charge in [-0.3, -0.25) is 0 Å². The summed E-state index contributed by atoms with van der Waals surface area (Å²) in [6.07, 6.45) is 0. The van der Waals surface area contributed by atoms with Crippen LogP contribution in [0.15, 0.2) is 29.3 Å². The molecule has 2 N–H and O–H groups in total. The molecular weight excluding hydrogens is 310 g/mol. The number of benzene rings is 1. The van der Waals surface area contributed by atoms with Crippen LogP contribution >= 0.6 is 11.8 Å². The van der Waals surface area contributed by atoms with Gasteiger partial charge in [0, 0.05) is 5.56 Å². The maximum atomic E-state index is 9.53. The molecule has 0 aliphatic rings. The van der Waals surface area contributed by atoms with Crippen molar-refractivity contribution >= 4 is 17.6 Å². The molecule has 112 valence electrons. The van der Waals surface area contributed by atoms with Crippen LogP contribution in [-0.2, 0) is 0 Å². The molecule has 0 spiro atoms. The number of thioether (sulfide) groups is 1. The summed E-state index contributed by atoms with van der Waals surface area (Å²) in [6.45, 7) is 0. The molecule has 2 rings (SSSR count). The van der Waals surface area contributed by atoms with Crippen molar-refractivity contribution in [2.24, 2.45) is 0 Å². The highest BCUT2D eigenvalue weighted by Crippen LogP contribution is 2.36. The molecule has 0 saturated heterocycles. The first-order valence-corrected chi connectivity index (χ1v) is 7.42. The quantitative estimate of drug-likeness (QED) is 0.859. The number of hydrogen-bond donors (Lipinski definition) is 1. The van der Waals surface area contributed by atoms with Crippen LogP contribution in [0.1, 0.15) is 11.1 Å². The van der Waals surface area contributed by atoms with Crippen molar-refractivity contribution in [3.63, 3.8) is 0 Å². The zero-order valence-electron chi connectivity index (χ0n) is 12.2. The summed E-state index contributed by atoms with van der Waals surface area (Å²) < 4.78 is 5.19. The number of methoxy groups -OCH3 is 1. The average Bonchev–Trinajstić information content (AvgIpc) is 2.59. The summed E-state index contributed by atoms with van der Waals surface area (Å²) in [5, 5.41) is 28.0. The van der Waals surface area contributed by atoms with E-state index in [1.807, 2.05) is 12.1 Å². The van der Waals surface area contributed by atoms with Crippen molar-refractivity contribution in [3.8, 4) is 35.1 Å². The van der Waals surface area contributed by atoms with Gasteiger partial charge in [0.2, 0.25) is 0 Å². The molecule has 0 aliphatic heterocycles. The lowest BCUT2D eigenvalue weighted by Gasteiger charge is -2.13. The Balaban J connectivity index is 2.78. The van der Waals surface area contributed by atoms with E-state index in [2.05, 4.69) is 11.1 Å². The van der Waals surface area contributed by atoms with Crippen LogP contribution in [-0.4, -0.2) is 17.8 Å². The number of nitrogens with zero attached hydrogens (tertiary/aromatic N) is 4. The van der Waals surface area contributed by atoms with Gasteiger partial charge in [-0.1, -0.05) is 23.9 Å². The minimum Gasteiger partial charge on any atom is -0.497 e. The van der Waals surface area contributed by atoms with Gasteiger partial charge in [0.1, 0.15) is 34.3 Å². The van der Waals surface area contributed by atoms with Gasteiger partial charge in [0.25, 0.3) is 0 Å². The Hall–Kier alpha value is -3.21. The van der Waals surface area contributed by atoms with Gasteiger partial charge in [-0.25, -0.2) is 4.98 Å². The molecular formula is C16H11N5OS. The first kappa shape index (κ1) is 16.2. The van der Waals surface area contributed by atoms with E-state index in [-0.39, 0.29) is 22.7 Å². The highest BCUT2D eigenvalue weighted by molar-refractivity contribution is 7.99.